The second kappa shape index (κ2) is 6.59. The van der Waals surface area contributed by atoms with E-state index in [2.05, 4.69) is 44.9 Å². The average Bonchev–Trinajstić information content (AvgIpc) is 3.48. The second-order valence-corrected chi connectivity index (χ2v) is 9.58. The summed E-state index contributed by atoms with van der Waals surface area (Å²) in [6.45, 7) is 3.40. The van der Waals surface area contributed by atoms with Crippen LogP contribution in [0.5, 0.6) is 0 Å². The zero-order valence-electron chi connectivity index (χ0n) is 16.3. The van der Waals surface area contributed by atoms with Crippen LogP contribution in [0, 0.1) is 0 Å². The summed E-state index contributed by atoms with van der Waals surface area (Å²) in [5.74, 6) is -0.224. The zero-order valence-corrected chi connectivity index (χ0v) is 17.1. The van der Waals surface area contributed by atoms with Crippen molar-refractivity contribution in [1.29, 1.82) is 0 Å². The van der Waals surface area contributed by atoms with Crippen LogP contribution < -0.4 is 0 Å². The summed E-state index contributed by atoms with van der Waals surface area (Å²) in [5, 5.41) is 12.7. The number of nitrogens with zero attached hydrogens (tertiary/aromatic N) is 3. The fourth-order valence-electron chi connectivity index (χ4n) is 3.72. The van der Waals surface area contributed by atoms with Crippen LogP contribution in [0.3, 0.4) is 0 Å². The van der Waals surface area contributed by atoms with Crippen molar-refractivity contribution in [2.75, 3.05) is 0 Å². The number of hydrogen-bond acceptors (Lipinski definition) is 4. The highest BCUT2D eigenvalue weighted by molar-refractivity contribution is 8.01. The molecule has 0 spiro atoms. The average molecular weight is 404 g/mol. The van der Waals surface area contributed by atoms with Crippen molar-refractivity contribution in [3.8, 4) is 5.69 Å². The lowest BCUT2D eigenvalue weighted by Crippen LogP contribution is -2.27. The van der Waals surface area contributed by atoms with Crippen molar-refractivity contribution in [2.24, 2.45) is 0 Å². The summed E-state index contributed by atoms with van der Waals surface area (Å²) in [6.07, 6.45) is 4.20. The minimum atomic E-state index is -1.01. The molecule has 1 fully saturated rings. The van der Waals surface area contributed by atoms with E-state index in [0.717, 1.165) is 16.6 Å². The van der Waals surface area contributed by atoms with Crippen molar-refractivity contribution in [2.45, 2.75) is 42.5 Å². The second-order valence-electron chi connectivity index (χ2n) is 7.99. The summed E-state index contributed by atoms with van der Waals surface area (Å²) < 4.78 is 1.04. The fraction of sp³-hybridized carbons (Fsp3) is 0.261. The maximum absolute atomic E-state index is 11.8. The molecule has 0 radical (unpaired) electrons. The maximum atomic E-state index is 11.8. The van der Waals surface area contributed by atoms with E-state index in [0.29, 0.717) is 16.7 Å². The van der Waals surface area contributed by atoms with Gasteiger partial charge < -0.3 is 5.11 Å². The normalized spacial score (nSPS) is 14.6. The molecule has 0 bridgehead atoms. The first-order valence-corrected chi connectivity index (χ1v) is 10.6. The Labute approximate surface area is 172 Å². The molecule has 5 rings (SSSR count). The smallest absolute Gasteiger partial charge is 0.319 e. The molecule has 0 amide bonds. The molecular weight excluding hydrogens is 382 g/mol. The number of benzene rings is 2. The number of pyridine rings is 1. The molecule has 2 aromatic carbocycles. The Morgan fingerprint density at radius 3 is 2.59 bits per heavy atom. The number of aliphatic carboxylic acids is 1. The first kappa shape index (κ1) is 18.2. The molecule has 0 atom stereocenters. The fourth-order valence-corrected chi connectivity index (χ4v) is 4.68. The van der Waals surface area contributed by atoms with Gasteiger partial charge in [-0.05, 0) is 61.8 Å². The third kappa shape index (κ3) is 3.08. The number of aromatic nitrogens is 3. The van der Waals surface area contributed by atoms with Crippen LogP contribution >= 0.6 is 11.8 Å². The predicted molar refractivity (Wildman–Crippen MR) is 116 cm³/mol. The Bertz CT molecular complexity index is 1260. The van der Waals surface area contributed by atoms with Crippen LogP contribution in [0.1, 0.15) is 38.2 Å². The van der Waals surface area contributed by atoms with Gasteiger partial charge in [-0.15, -0.1) is 0 Å². The van der Waals surface area contributed by atoms with E-state index in [1.54, 1.807) is 20.0 Å². The van der Waals surface area contributed by atoms with Crippen LogP contribution in [0.4, 0.5) is 0 Å². The van der Waals surface area contributed by atoms with E-state index in [9.17, 15) is 9.90 Å². The van der Waals surface area contributed by atoms with E-state index in [1.807, 2.05) is 18.2 Å². The van der Waals surface area contributed by atoms with Crippen molar-refractivity contribution in [3.63, 3.8) is 0 Å². The summed E-state index contributed by atoms with van der Waals surface area (Å²) in [6, 6.07) is 16.7. The van der Waals surface area contributed by atoms with Gasteiger partial charge in [-0.3, -0.25) is 9.36 Å². The molecule has 1 aliphatic rings. The third-order valence-corrected chi connectivity index (χ3v) is 6.60. The summed E-state index contributed by atoms with van der Waals surface area (Å²) >= 11 is 1.24. The number of carbonyl (C=O) groups is 1. The Kier molecular flexibility index (Phi) is 4.13. The van der Waals surface area contributed by atoms with Crippen LogP contribution in [-0.2, 0) is 4.79 Å². The highest BCUT2D eigenvalue weighted by atomic mass is 32.2. The molecule has 29 heavy (non-hydrogen) atoms. The molecule has 0 unspecified atom stereocenters. The van der Waals surface area contributed by atoms with Gasteiger partial charge in [0.15, 0.2) is 10.8 Å². The van der Waals surface area contributed by atoms with Crippen molar-refractivity contribution in [3.05, 3.63) is 60.3 Å². The van der Waals surface area contributed by atoms with Gasteiger partial charge >= 0.3 is 5.97 Å². The van der Waals surface area contributed by atoms with Crippen molar-refractivity contribution in [1.82, 2.24) is 14.5 Å². The molecule has 0 aliphatic heterocycles. The molecule has 4 aromatic rings. The molecule has 146 valence electrons. The lowest BCUT2D eigenvalue weighted by Gasteiger charge is -2.20. The standard InChI is InChI=1S/C23H21N3O2S/c1-23(2,21(27)28)29-22-25-20-19(8-5-13-24-20)26(22)18-12-11-15(14-9-10-14)16-6-3-4-7-17(16)18/h3-8,11-14H,9-10H2,1-2H3,(H,27,28). The summed E-state index contributed by atoms with van der Waals surface area (Å²) in [5.41, 5.74) is 3.89. The first-order valence-electron chi connectivity index (χ1n) is 9.73. The van der Waals surface area contributed by atoms with E-state index in [4.69, 9.17) is 0 Å². The number of rotatable bonds is 5. The van der Waals surface area contributed by atoms with Gasteiger partial charge in [-0.1, -0.05) is 42.1 Å². The molecule has 6 heteroatoms. The maximum Gasteiger partial charge on any atom is 0.319 e. The van der Waals surface area contributed by atoms with Crippen molar-refractivity contribution < 1.29 is 9.90 Å². The quantitative estimate of drug-likeness (QED) is 0.452. The van der Waals surface area contributed by atoms with Gasteiger partial charge in [-0.25, -0.2) is 9.97 Å². The first-order chi connectivity index (χ1) is 14.0. The minimum Gasteiger partial charge on any atom is -0.480 e. The summed E-state index contributed by atoms with van der Waals surface area (Å²) in [7, 11) is 0. The molecular formula is C23H21N3O2S. The number of carboxylic acids is 1. The lowest BCUT2D eigenvalue weighted by molar-refractivity contribution is -0.138. The number of hydrogen-bond donors (Lipinski definition) is 1. The third-order valence-electron chi connectivity index (χ3n) is 5.45. The minimum absolute atomic E-state index is 0.617. The Balaban J connectivity index is 1.78. The molecule has 5 nitrogen and oxygen atoms in total. The van der Waals surface area contributed by atoms with Gasteiger partial charge in [0.2, 0.25) is 0 Å². The van der Waals surface area contributed by atoms with Crippen LogP contribution in [-0.4, -0.2) is 30.4 Å². The van der Waals surface area contributed by atoms with Gasteiger partial charge in [0.05, 0.1) is 11.2 Å². The van der Waals surface area contributed by atoms with Gasteiger partial charge in [0, 0.05) is 11.6 Å². The molecule has 1 aliphatic carbocycles. The van der Waals surface area contributed by atoms with Gasteiger partial charge in [0.1, 0.15) is 4.75 Å². The van der Waals surface area contributed by atoms with Crippen LogP contribution in [0.25, 0.3) is 27.6 Å². The van der Waals surface area contributed by atoms with Crippen LogP contribution in [0.2, 0.25) is 0 Å². The lowest BCUT2D eigenvalue weighted by atomic mass is 9.99. The highest BCUT2D eigenvalue weighted by Crippen LogP contribution is 2.45. The Hall–Kier alpha value is -2.86. The van der Waals surface area contributed by atoms with E-state index >= 15 is 0 Å². The van der Waals surface area contributed by atoms with E-state index < -0.39 is 10.7 Å². The highest BCUT2D eigenvalue weighted by Gasteiger charge is 2.32. The van der Waals surface area contributed by atoms with E-state index in [1.165, 1.54) is 35.6 Å². The van der Waals surface area contributed by atoms with Crippen LogP contribution in [0.15, 0.2) is 59.9 Å². The molecule has 2 aromatic heterocycles. The number of imidazole rings is 1. The van der Waals surface area contributed by atoms with E-state index in [-0.39, 0.29) is 0 Å². The molecule has 1 N–H and O–H groups in total. The zero-order chi connectivity index (χ0) is 20.2. The number of thioether (sulfide) groups is 1. The Morgan fingerprint density at radius 1 is 1.10 bits per heavy atom. The predicted octanol–water partition coefficient (Wildman–Crippen LogP) is 5.41. The number of carboxylic acid groups (broad SMARTS) is 1. The SMILES string of the molecule is CC(C)(Sc1nc2ncccc2n1-c1ccc(C2CC2)c2ccccc12)C(=O)O. The molecule has 1 saturated carbocycles. The summed E-state index contributed by atoms with van der Waals surface area (Å²) in [4.78, 5) is 20.8. The Morgan fingerprint density at radius 2 is 1.86 bits per heavy atom. The largest absolute Gasteiger partial charge is 0.480 e. The molecule has 2 heterocycles. The topological polar surface area (TPSA) is 68.0 Å². The monoisotopic (exact) mass is 403 g/mol. The number of fused-ring (bicyclic) bond motifs is 2. The van der Waals surface area contributed by atoms with Crippen molar-refractivity contribution >= 4 is 39.7 Å². The van der Waals surface area contributed by atoms with Gasteiger partial charge in [0.25, 0.3) is 0 Å². The molecule has 0 saturated heterocycles. The van der Waals surface area contributed by atoms with Gasteiger partial charge in [-0.2, -0.15) is 0 Å².